The van der Waals surface area contributed by atoms with Gasteiger partial charge in [0.2, 0.25) is 5.91 Å². The molecule has 0 rings (SSSR count). The Morgan fingerprint density at radius 2 is 2.06 bits per heavy atom. The van der Waals surface area contributed by atoms with Crippen LogP contribution >= 0.6 is 0 Å². The SMILES string of the molecule is C=CC[C@H](C)CS(=O)(=NC(C)=O)NC(C)=O. The Balaban J connectivity index is 4.95. The molecule has 0 saturated heterocycles. The van der Waals surface area contributed by atoms with Gasteiger partial charge in [-0.1, -0.05) is 13.0 Å². The highest BCUT2D eigenvalue weighted by Crippen LogP contribution is 2.07. The molecule has 5 nitrogen and oxygen atoms in total. The fraction of sp³-hybridized carbons (Fsp3) is 0.600. The Morgan fingerprint density at radius 1 is 1.50 bits per heavy atom. The molecule has 0 aromatic carbocycles. The maximum atomic E-state index is 12.1. The summed E-state index contributed by atoms with van der Waals surface area (Å²) < 4.78 is 17.9. The Kier molecular flexibility index (Phi) is 5.95. The molecule has 1 unspecified atom stereocenters. The van der Waals surface area contributed by atoms with E-state index in [2.05, 4.69) is 15.7 Å². The van der Waals surface area contributed by atoms with Crippen molar-refractivity contribution in [1.82, 2.24) is 4.72 Å². The third-order valence-corrected chi connectivity index (χ3v) is 3.84. The molecule has 16 heavy (non-hydrogen) atoms. The van der Waals surface area contributed by atoms with Gasteiger partial charge < -0.3 is 0 Å². The van der Waals surface area contributed by atoms with Crippen molar-refractivity contribution in [3.05, 3.63) is 12.7 Å². The molecule has 0 aliphatic carbocycles. The molecule has 2 atom stereocenters. The molecule has 0 aliphatic rings. The van der Waals surface area contributed by atoms with Crippen molar-refractivity contribution in [2.75, 3.05) is 5.75 Å². The number of amides is 2. The maximum Gasteiger partial charge on any atom is 0.252 e. The number of hydrogen-bond acceptors (Lipinski definition) is 3. The zero-order valence-electron chi connectivity index (χ0n) is 9.86. The van der Waals surface area contributed by atoms with Crippen LogP contribution in [0.5, 0.6) is 0 Å². The molecule has 0 heterocycles. The molecule has 0 aliphatic heterocycles. The first-order valence-corrected chi connectivity index (χ1v) is 6.62. The van der Waals surface area contributed by atoms with Gasteiger partial charge in [-0.25, -0.2) is 4.21 Å². The Bertz CT molecular complexity index is 395. The number of hydrogen-bond donors (Lipinski definition) is 1. The minimum absolute atomic E-state index is 0.0416. The van der Waals surface area contributed by atoms with Gasteiger partial charge in [-0.3, -0.25) is 14.3 Å². The summed E-state index contributed by atoms with van der Waals surface area (Å²) in [5.74, 6) is -0.816. The molecular weight excluding hydrogens is 228 g/mol. The van der Waals surface area contributed by atoms with Crippen molar-refractivity contribution in [3.63, 3.8) is 0 Å². The van der Waals surface area contributed by atoms with Gasteiger partial charge in [0.05, 0.1) is 5.75 Å². The zero-order valence-corrected chi connectivity index (χ0v) is 10.7. The maximum absolute atomic E-state index is 12.1. The van der Waals surface area contributed by atoms with E-state index in [9.17, 15) is 13.8 Å². The lowest BCUT2D eigenvalue weighted by Gasteiger charge is -2.13. The molecule has 0 aromatic rings. The van der Waals surface area contributed by atoms with E-state index in [1.54, 1.807) is 6.08 Å². The van der Waals surface area contributed by atoms with E-state index in [1.165, 1.54) is 13.8 Å². The van der Waals surface area contributed by atoms with Crippen LogP contribution in [0.25, 0.3) is 0 Å². The highest BCUT2D eigenvalue weighted by molar-refractivity contribution is 7.92. The Morgan fingerprint density at radius 3 is 2.44 bits per heavy atom. The summed E-state index contributed by atoms with van der Waals surface area (Å²) in [6.07, 6.45) is 2.36. The summed E-state index contributed by atoms with van der Waals surface area (Å²) in [6.45, 7) is 7.89. The van der Waals surface area contributed by atoms with Crippen molar-refractivity contribution in [2.24, 2.45) is 10.3 Å². The average molecular weight is 246 g/mol. The van der Waals surface area contributed by atoms with E-state index in [-0.39, 0.29) is 11.7 Å². The summed E-state index contributed by atoms with van der Waals surface area (Å²) >= 11 is 0. The summed E-state index contributed by atoms with van der Waals surface area (Å²) in [7, 11) is -2.98. The molecular formula is C10H18N2O3S. The fourth-order valence-corrected chi connectivity index (χ4v) is 3.25. The van der Waals surface area contributed by atoms with Crippen LogP contribution in [0.15, 0.2) is 17.0 Å². The number of rotatable bonds is 5. The molecule has 0 spiro atoms. The van der Waals surface area contributed by atoms with Crippen LogP contribution in [-0.2, 0) is 19.5 Å². The summed E-state index contributed by atoms with van der Waals surface area (Å²) in [4.78, 5) is 21.8. The predicted molar refractivity (Wildman–Crippen MR) is 63.9 cm³/mol. The third kappa shape index (κ3) is 6.34. The van der Waals surface area contributed by atoms with Crippen molar-refractivity contribution in [2.45, 2.75) is 27.2 Å². The minimum atomic E-state index is -2.98. The molecule has 0 saturated carbocycles. The second kappa shape index (κ2) is 6.42. The van der Waals surface area contributed by atoms with Gasteiger partial charge in [0.25, 0.3) is 5.91 Å². The first-order chi connectivity index (χ1) is 7.29. The van der Waals surface area contributed by atoms with E-state index >= 15 is 0 Å². The van der Waals surface area contributed by atoms with Gasteiger partial charge in [0.15, 0.2) is 0 Å². The number of carbonyl (C=O) groups is 2. The normalized spacial score (nSPS) is 15.7. The Hall–Kier alpha value is -1.17. The highest BCUT2D eigenvalue weighted by Gasteiger charge is 2.15. The van der Waals surface area contributed by atoms with Crippen molar-refractivity contribution in [1.29, 1.82) is 0 Å². The smallest absolute Gasteiger partial charge is 0.252 e. The van der Waals surface area contributed by atoms with E-state index < -0.39 is 21.7 Å². The largest absolute Gasteiger partial charge is 0.274 e. The van der Waals surface area contributed by atoms with Gasteiger partial charge in [0.1, 0.15) is 9.92 Å². The fourth-order valence-electron chi connectivity index (χ4n) is 1.27. The monoisotopic (exact) mass is 246 g/mol. The van der Waals surface area contributed by atoms with Gasteiger partial charge in [0, 0.05) is 13.8 Å². The average Bonchev–Trinajstić information content (AvgIpc) is 1.98. The minimum Gasteiger partial charge on any atom is -0.274 e. The molecule has 0 bridgehead atoms. The van der Waals surface area contributed by atoms with Crippen molar-refractivity contribution >= 4 is 21.7 Å². The predicted octanol–water partition coefficient (Wildman–Crippen LogP) is 1.26. The summed E-state index contributed by atoms with van der Waals surface area (Å²) in [5, 5.41) is 0. The number of nitrogens with one attached hydrogen (secondary N) is 1. The van der Waals surface area contributed by atoms with Crippen molar-refractivity contribution < 1.29 is 13.8 Å². The Labute approximate surface area is 96.6 Å². The summed E-state index contributed by atoms with van der Waals surface area (Å²) in [5.41, 5.74) is 0. The molecule has 0 aromatic heterocycles. The van der Waals surface area contributed by atoms with Crippen LogP contribution in [0, 0.1) is 5.92 Å². The summed E-state index contributed by atoms with van der Waals surface area (Å²) in [6, 6.07) is 0. The van der Waals surface area contributed by atoms with Gasteiger partial charge in [-0.2, -0.15) is 0 Å². The van der Waals surface area contributed by atoms with Crippen molar-refractivity contribution in [3.8, 4) is 0 Å². The first kappa shape index (κ1) is 14.8. The molecule has 0 radical (unpaired) electrons. The van der Waals surface area contributed by atoms with Crippen LogP contribution < -0.4 is 4.72 Å². The van der Waals surface area contributed by atoms with Gasteiger partial charge in [-0.15, -0.1) is 10.9 Å². The second-order valence-corrected chi connectivity index (χ2v) is 5.71. The van der Waals surface area contributed by atoms with E-state index in [4.69, 9.17) is 0 Å². The zero-order chi connectivity index (χ0) is 12.8. The third-order valence-electron chi connectivity index (χ3n) is 1.66. The van der Waals surface area contributed by atoms with Gasteiger partial charge in [-0.05, 0) is 12.3 Å². The topological polar surface area (TPSA) is 75.6 Å². The van der Waals surface area contributed by atoms with E-state index in [0.29, 0.717) is 6.42 Å². The van der Waals surface area contributed by atoms with Crippen LogP contribution in [0.3, 0.4) is 0 Å². The molecule has 1 N–H and O–H groups in total. The van der Waals surface area contributed by atoms with Crippen LogP contribution in [0.1, 0.15) is 27.2 Å². The van der Waals surface area contributed by atoms with Gasteiger partial charge >= 0.3 is 0 Å². The van der Waals surface area contributed by atoms with E-state index in [1.807, 2.05) is 6.92 Å². The highest BCUT2D eigenvalue weighted by atomic mass is 32.2. The lowest BCUT2D eigenvalue weighted by molar-refractivity contribution is -0.117. The van der Waals surface area contributed by atoms with Crippen LogP contribution in [0.2, 0.25) is 0 Å². The quantitative estimate of drug-likeness (QED) is 0.742. The molecule has 2 amide bonds. The lowest BCUT2D eigenvalue weighted by atomic mass is 10.1. The van der Waals surface area contributed by atoms with Crippen LogP contribution in [-0.4, -0.2) is 21.8 Å². The number of allylic oxidation sites excluding steroid dienone is 1. The van der Waals surface area contributed by atoms with E-state index in [0.717, 1.165) is 0 Å². The lowest BCUT2D eigenvalue weighted by Crippen LogP contribution is -2.33. The number of nitrogens with zero attached hydrogens (tertiary/aromatic N) is 1. The first-order valence-electron chi connectivity index (χ1n) is 4.93. The molecule has 92 valence electrons. The number of carbonyl (C=O) groups excluding carboxylic acids is 2. The molecule has 6 heteroatoms. The standard InChI is InChI=1S/C10H18N2O3S/c1-5-6-8(2)7-16(15,11-9(3)13)12-10(4)14/h5,8H,1,6-7H2,2-4H3,(H,11,12,13,14,15)/t8-/m0/s1. The molecule has 0 fully saturated rings. The second-order valence-electron chi connectivity index (χ2n) is 3.71. The van der Waals surface area contributed by atoms with Crippen LogP contribution in [0.4, 0.5) is 0 Å².